The lowest BCUT2D eigenvalue weighted by Gasteiger charge is -2.21. The second-order valence-electron chi connectivity index (χ2n) is 4.01. The number of halogens is 1. The number of aliphatic hydroxyl groups is 1. The third-order valence-electron chi connectivity index (χ3n) is 2.93. The van der Waals surface area contributed by atoms with Crippen molar-refractivity contribution in [3.8, 4) is 0 Å². The molecule has 2 aromatic rings. The van der Waals surface area contributed by atoms with Gasteiger partial charge in [-0.15, -0.1) is 11.3 Å². The van der Waals surface area contributed by atoms with Crippen LogP contribution in [0.15, 0.2) is 42.5 Å². The zero-order valence-electron chi connectivity index (χ0n) is 9.64. The van der Waals surface area contributed by atoms with Gasteiger partial charge in [0.05, 0.1) is 10.4 Å². The minimum Gasteiger partial charge on any atom is -0.387 e. The molecule has 0 saturated carbocycles. The molecule has 1 N–H and O–H groups in total. The highest BCUT2D eigenvalue weighted by Gasteiger charge is 2.22. The largest absolute Gasteiger partial charge is 0.387 e. The van der Waals surface area contributed by atoms with Crippen molar-refractivity contribution in [2.75, 3.05) is 0 Å². The van der Waals surface area contributed by atoms with Gasteiger partial charge in [0.2, 0.25) is 0 Å². The van der Waals surface area contributed by atoms with E-state index in [2.05, 4.69) is 19.1 Å². The van der Waals surface area contributed by atoms with Gasteiger partial charge in [-0.1, -0.05) is 48.9 Å². The van der Waals surface area contributed by atoms with E-state index in [1.165, 1.54) is 16.9 Å². The molecule has 1 nitrogen and oxygen atoms in total. The van der Waals surface area contributed by atoms with Gasteiger partial charge in [0.25, 0.3) is 0 Å². The molecule has 0 aliphatic heterocycles. The van der Waals surface area contributed by atoms with Crippen molar-refractivity contribution in [3.05, 3.63) is 57.2 Å². The zero-order chi connectivity index (χ0) is 12.3. The Morgan fingerprint density at radius 1 is 1.18 bits per heavy atom. The van der Waals surface area contributed by atoms with Crippen molar-refractivity contribution in [2.24, 2.45) is 0 Å². The maximum atomic E-state index is 10.4. The van der Waals surface area contributed by atoms with E-state index in [-0.39, 0.29) is 5.92 Å². The number of hydrogen-bond acceptors (Lipinski definition) is 2. The molecule has 0 fully saturated rings. The summed E-state index contributed by atoms with van der Waals surface area (Å²) in [5.74, 6) is 0.130. The Labute approximate surface area is 111 Å². The Kier molecular flexibility index (Phi) is 4.21. The van der Waals surface area contributed by atoms with Crippen LogP contribution in [0.2, 0.25) is 4.34 Å². The number of thiophene rings is 1. The van der Waals surface area contributed by atoms with Gasteiger partial charge in [-0.3, -0.25) is 0 Å². The lowest BCUT2D eigenvalue weighted by atomic mass is 9.90. The van der Waals surface area contributed by atoms with Gasteiger partial charge in [-0.25, -0.2) is 0 Å². The summed E-state index contributed by atoms with van der Waals surface area (Å²) in [6, 6.07) is 13.9. The highest BCUT2D eigenvalue weighted by Crippen LogP contribution is 2.37. The van der Waals surface area contributed by atoms with Gasteiger partial charge < -0.3 is 5.11 Å². The zero-order valence-corrected chi connectivity index (χ0v) is 11.2. The van der Waals surface area contributed by atoms with Crippen LogP contribution in [0.1, 0.15) is 35.8 Å². The first kappa shape index (κ1) is 12.6. The van der Waals surface area contributed by atoms with Crippen molar-refractivity contribution in [2.45, 2.75) is 25.4 Å². The van der Waals surface area contributed by atoms with Crippen molar-refractivity contribution < 1.29 is 5.11 Å². The van der Waals surface area contributed by atoms with E-state index < -0.39 is 6.10 Å². The molecule has 1 aromatic carbocycles. The monoisotopic (exact) mass is 266 g/mol. The molecule has 2 rings (SSSR count). The van der Waals surface area contributed by atoms with Crippen LogP contribution >= 0.6 is 22.9 Å². The van der Waals surface area contributed by atoms with E-state index in [1.54, 1.807) is 0 Å². The van der Waals surface area contributed by atoms with Gasteiger partial charge in [0.15, 0.2) is 0 Å². The highest BCUT2D eigenvalue weighted by atomic mass is 35.5. The van der Waals surface area contributed by atoms with Gasteiger partial charge in [0.1, 0.15) is 0 Å². The van der Waals surface area contributed by atoms with Crippen molar-refractivity contribution in [1.29, 1.82) is 0 Å². The van der Waals surface area contributed by atoms with Gasteiger partial charge in [0, 0.05) is 10.8 Å². The lowest BCUT2D eigenvalue weighted by molar-refractivity contribution is 0.146. The lowest BCUT2D eigenvalue weighted by Crippen LogP contribution is -2.08. The van der Waals surface area contributed by atoms with E-state index in [9.17, 15) is 5.11 Å². The molecule has 2 atom stereocenters. The summed E-state index contributed by atoms with van der Waals surface area (Å²) in [5.41, 5.74) is 1.17. The van der Waals surface area contributed by atoms with Crippen molar-refractivity contribution in [3.63, 3.8) is 0 Å². The molecular weight excluding hydrogens is 252 g/mol. The standard InChI is InChI=1S/C14H15ClOS/c1-2-11(10-6-4-3-5-7-10)14(16)12-8-9-13(15)17-12/h3-9,11,14,16H,2H2,1H3. The molecule has 90 valence electrons. The van der Waals surface area contributed by atoms with E-state index in [0.29, 0.717) is 0 Å². The van der Waals surface area contributed by atoms with Crippen LogP contribution < -0.4 is 0 Å². The molecule has 3 heteroatoms. The maximum absolute atomic E-state index is 10.4. The normalized spacial score (nSPS) is 14.5. The Morgan fingerprint density at radius 3 is 2.41 bits per heavy atom. The predicted molar refractivity (Wildman–Crippen MR) is 73.8 cm³/mol. The van der Waals surface area contributed by atoms with Crippen molar-refractivity contribution in [1.82, 2.24) is 0 Å². The van der Waals surface area contributed by atoms with Gasteiger partial charge in [-0.05, 0) is 24.1 Å². The third kappa shape index (κ3) is 2.89. The molecule has 0 radical (unpaired) electrons. The predicted octanol–water partition coefficient (Wildman–Crippen LogP) is 4.63. The highest BCUT2D eigenvalue weighted by molar-refractivity contribution is 7.16. The first-order chi connectivity index (χ1) is 8.22. The van der Waals surface area contributed by atoms with Gasteiger partial charge in [-0.2, -0.15) is 0 Å². The fraction of sp³-hybridized carbons (Fsp3) is 0.286. The fourth-order valence-corrected chi connectivity index (χ4v) is 3.14. The number of benzene rings is 1. The SMILES string of the molecule is CCC(c1ccccc1)C(O)c1ccc(Cl)s1. The summed E-state index contributed by atoms with van der Waals surface area (Å²) < 4.78 is 0.724. The van der Waals surface area contributed by atoms with Crippen LogP contribution in [0.3, 0.4) is 0 Å². The number of hydrogen-bond donors (Lipinski definition) is 1. The Hall–Kier alpha value is -0.830. The molecule has 2 unspecified atom stereocenters. The average molecular weight is 267 g/mol. The smallest absolute Gasteiger partial charge is 0.0950 e. The Bertz CT molecular complexity index is 466. The van der Waals surface area contributed by atoms with Crippen LogP contribution in [-0.2, 0) is 0 Å². The number of aliphatic hydroxyl groups excluding tert-OH is 1. The van der Waals surface area contributed by atoms with Crippen LogP contribution in [-0.4, -0.2) is 5.11 Å². The van der Waals surface area contributed by atoms with E-state index in [4.69, 9.17) is 11.6 Å². The van der Waals surface area contributed by atoms with Crippen LogP contribution in [0.25, 0.3) is 0 Å². The second-order valence-corrected chi connectivity index (χ2v) is 5.76. The van der Waals surface area contributed by atoms with E-state index in [0.717, 1.165) is 15.6 Å². The summed E-state index contributed by atoms with van der Waals surface area (Å²) in [6.07, 6.45) is 0.431. The molecule has 17 heavy (non-hydrogen) atoms. The van der Waals surface area contributed by atoms with Crippen molar-refractivity contribution >= 4 is 22.9 Å². The van der Waals surface area contributed by atoms with Crippen LogP contribution in [0.4, 0.5) is 0 Å². The third-order valence-corrected chi connectivity index (χ3v) is 4.24. The summed E-state index contributed by atoms with van der Waals surface area (Å²) >= 11 is 7.36. The van der Waals surface area contributed by atoms with E-state index >= 15 is 0 Å². The quantitative estimate of drug-likeness (QED) is 0.856. The fourth-order valence-electron chi connectivity index (χ4n) is 2.03. The van der Waals surface area contributed by atoms with Crippen LogP contribution in [0.5, 0.6) is 0 Å². The molecule has 1 heterocycles. The number of rotatable bonds is 4. The summed E-state index contributed by atoms with van der Waals surface area (Å²) in [4.78, 5) is 0.936. The molecular formula is C14H15ClOS. The molecule has 0 aliphatic rings. The van der Waals surface area contributed by atoms with E-state index in [1.807, 2.05) is 30.3 Å². The second kappa shape index (κ2) is 5.67. The Morgan fingerprint density at radius 2 is 1.88 bits per heavy atom. The minimum absolute atomic E-state index is 0.130. The topological polar surface area (TPSA) is 20.2 Å². The molecule has 0 spiro atoms. The van der Waals surface area contributed by atoms with Crippen LogP contribution in [0, 0.1) is 0 Å². The summed E-state index contributed by atoms with van der Waals surface area (Å²) in [5, 5.41) is 10.4. The first-order valence-electron chi connectivity index (χ1n) is 5.70. The maximum Gasteiger partial charge on any atom is 0.0950 e. The Balaban J connectivity index is 2.25. The molecule has 0 aliphatic carbocycles. The molecule has 0 bridgehead atoms. The summed E-state index contributed by atoms with van der Waals surface area (Å²) in [6.45, 7) is 2.09. The average Bonchev–Trinajstić information content (AvgIpc) is 2.78. The molecule has 0 amide bonds. The van der Waals surface area contributed by atoms with Gasteiger partial charge >= 0.3 is 0 Å². The molecule has 0 saturated heterocycles. The minimum atomic E-state index is -0.472. The molecule has 1 aromatic heterocycles. The first-order valence-corrected chi connectivity index (χ1v) is 6.90. The summed E-state index contributed by atoms with van der Waals surface area (Å²) in [7, 11) is 0.